The first-order valence-electron chi connectivity index (χ1n) is 5.84. The molecule has 0 unspecified atom stereocenters. The maximum Gasteiger partial charge on any atom is 0.0701 e. The molecule has 1 fully saturated rings. The number of hydrogen-bond acceptors (Lipinski definition) is 2. The smallest absolute Gasteiger partial charge is 0.0701 e. The number of nitrogens with zero attached hydrogens (tertiary/aromatic N) is 1. The first kappa shape index (κ1) is 12.9. The third-order valence-corrected chi connectivity index (χ3v) is 5.03. The minimum atomic E-state index is 0.775. The normalized spacial score (nSPS) is 16.7. The van der Waals surface area contributed by atoms with Crippen molar-refractivity contribution < 1.29 is 0 Å². The van der Waals surface area contributed by atoms with Crippen molar-refractivity contribution in [3.8, 4) is 0 Å². The Kier molecular flexibility index (Phi) is 5.14. The summed E-state index contributed by atoms with van der Waals surface area (Å²) in [5, 5.41) is 0. The highest BCUT2D eigenvalue weighted by Gasteiger charge is 2.24. The lowest BCUT2D eigenvalue weighted by Gasteiger charge is -2.37. The fraction of sp³-hybridized carbons (Fsp3) is 0.667. The van der Waals surface area contributed by atoms with Gasteiger partial charge in [-0.05, 0) is 53.9 Å². The molecule has 0 spiro atoms. The molecule has 1 aliphatic rings. The maximum atomic E-state index is 5.79. The molecule has 1 aromatic rings. The Morgan fingerprint density at radius 2 is 2.25 bits per heavy atom. The van der Waals surface area contributed by atoms with Crippen LogP contribution in [-0.2, 0) is 6.54 Å². The zero-order chi connectivity index (χ0) is 11.4. The Morgan fingerprint density at radius 1 is 1.44 bits per heavy atom. The van der Waals surface area contributed by atoms with Crippen molar-refractivity contribution in [3.05, 3.63) is 20.8 Å². The molecule has 1 aliphatic carbocycles. The van der Waals surface area contributed by atoms with Crippen molar-refractivity contribution in [3.63, 3.8) is 0 Å². The lowest BCUT2D eigenvalue weighted by atomic mass is 9.91. The molecule has 90 valence electrons. The Morgan fingerprint density at radius 3 is 2.75 bits per heavy atom. The molecule has 0 radical (unpaired) electrons. The van der Waals surface area contributed by atoms with E-state index < -0.39 is 0 Å². The van der Waals surface area contributed by atoms with Gasteiger partial charge in [0.05, 0.1) is 3.79 Å². The Bertz CT molecular complexity index is 325. The highest BCUT2D eigenvalue weighted by molar-refractivity contribution is 9.11. The number of rotatable bonds is 6. The summed E-state index contributed by atoms with van der Waals surface area (Å²) >= 11 is 11.2. The molecule has 1 heterocycles. The van der Waals surface area contributed by atoms with Crippen molar-refractivity contribution >= 4 is 38.9 Å². The van der Waals surface area contributed by atoms with Gasteiger partial charge in [-0.25, -0.2) is 0 Å². The molecule has 0 aromatic carbocycles. The van der Waals surface area contributed by atoms with Crippen molar-refractivity contribution in [2.45, 2.75) is 38.3 Å². The van der Waals surface area contributed by atoms with Crippen LogP contribution in [0.1, 0.15) is 30.6 Å². The van der Waals surface area contributed by atoms with Gasteiger partial charge in [0, 0.05) is 23.3 Å². The van der Waals surface area contributed by atoms with Crippen molar-refractivity contribution in [1.82, 2.24) is 4.90 Å². The van der Waals surface area contributed by atoms with E-state index >= 15 is 0 Å². The zero-order valence-electron chi connectivity index (χ0n) is 9.29. The summed E-state index contributed by atoms with van der Waals surface area (Å²) in [6.45, 7) is 2.24. The van der Waals surface area contributed by atoms with E-state index in [1.54, 1.807) is 0 Å². The number of hydrogen-bond donors (Lipinski definition) is 0. The fourth-order valence-electron chi connectivity index (χ4n) is 2.04. The highest BCUT2D eigenvalue weighted by atomic mass is 79.9. The second kappa shape index (κ2) is 6.39. The monoisotopic (exact) mass is 321 g/mol. The van der Waals surface area contributed by atoms with Crippen LogP contribution in [0.5, 0.6) is 0 Å². The van der Waals surface area contributed by atoms with Crippen LogP contribution in [0, 0.1) is 0 Å². The van der Waals surface area contributed by atoms with Gasteiger partial charge in [0.1, 0.15) is 0 Å². The van der Waals surface area contributed by atoms with E-state index in [0.29, 0.717) is 0 Å². The van der Waals surface area contributed by atoms with E-state index in [1.807, 2.05) is 11.3 Å². The van der Waals surface area contributed by atoms with Crippen LogP contribution in [0.3, 0.4) is 0 Å². The predicted octanol–water partition coefficient (Wildman–Crippen LogP) is 4.49. The maximum absolute atomic E-state index is 5.79. The van der Waals surface area contributed by atoms with Crippen LogP contribution in [0.15, 0.2) is 15.9 Å². The van der Waals surface area contributed by atoms with Crippen LogP contribution >= 0.6 is 38.9 Å². The lowest BCUT2D eigenvalue weighted by Crippen LogP contribution is -2.40. The van der Waals surface area contributed by atoms with Crippen LogP contribution in [0.2, 0.25) is 0 Å². The lowest BCUT2D eigenvalue weighted by molar-refractivity contribution is 0.121. The molecule has 0 atom stereocenters. The molecule has 1 saturated carbocycles. The molecule has 4 heteroatoms. The molecule has 1 nitrogen and oxygen atoms in total. The summed E-state index contributed by atoms with van der Waals surface area (Å²) in [5.74, 6) is 0.775. The van der Waals surface area contributed by atoms with Crippen molar-refractivity contribution in [2.24, 2.45) is 0 Å². The molecule has 0 saturated heterocycles. The first-order chi connectivity index (χ1) is 7.79. The third kappa shape index (κ3) is 3.46. The number of halogens is 2. The van der Waals surface area contributed by atoms with Crippen LogP contribution in [0.25, 0.3) is 0 Å². The first-order valence-corrected chi connectivity index (χ1v) is 7.98. The largest absolute Gasteiger partial charge is 0.295 e. The molecular weight excluding hydrogens is 306 g/mol. The highest BCUT2D eigenvalue weighted by Crippen LogP contribution is 2.29. The van der Waals surface area contributed by atoms with Gasteiger partial charge in [0.25, 0.3) is 0 Å². The van der Waals surface area contributed by atoms with E-state index in [2.05, 4.69) is 33.0 Å². The van der Waals surface area contributed by atoms with Gasteiger partial charge in [-0.15, -0.1) is 22.9 Å². The van der Waals surface area contributed by atoms with Crippen molar-refractivity contribution in [2.75, 3.05) is 12.4 Å². The van der Waals surface area contributed by atoms with Crippen LogP contribution < -0.4 is 0 Å². The summed E-state index contributed by atoms with van der Waals surface area (Å²) in [5.41, 5.74) is 0. The minimum Gasteiger partial charge on any atom is -0.295 e. The molecule has 16 heavy (non-hydrogen) atoms. The second-order valence-electron chi connectivity index (χ2n) is 4.30. The average molecular weight is 323 g/mol. The van der Waals surface area contributed by atoms with Gasteiger partial charge in [-0.3, -0.25) is 4.90 Å². The Labute approximate surface area is 115 Å². The number of thiophene rings is 1. The van der Waals surface area contributed by atoms with Crippen LogP contribution in [-0.4, -0.2) is 23.4 Å². The molecule has 1 aromatic heterocycles. The van der Waals surface area contributed by atoms with E-state index in [0.717, 1.165) is 31.4 Å². The summed E-state index contributed by atoms with van der Waals surface area (Å²) in [7, 11) is 0. The van der Waals surface area contributed by atoms with Gasteiger partial charge in [0.2, 0.25) is 0 Å². The van der Waals surface area contributed by atoms with Gasteiger partial charge in [-0.1, -0.05) is 6.42 Å². The molecular formula is C12H17BrClNS. The summed E-state index contributed by atoms with van der Waals surface area (Å²) in [4.78, 5) is 4.05. The average Bonchev–Trinajstić information content (AvgIpc) is 2.58. The molecule has 0 N–H and O–H groups in total. The van der Waals surface area contributed by atoms with Gasteiger partial charge < -0.3 is 0 Å². The van der Waals surface area contributed by atoms with E-state index in [9.17, 15) is 0 Å². The van der Waals surface area contributed by atoms with Crippen LogP contribution in [0.4, 0.5) is 0 Å². The second-order valence-corrected chi connectivity index (χ2v) is 7.23. The summed E-state index contributed by atoms with van der Waals surface area (Å²) < 4.78 is 1.23. The van der Waals surface area contributed by atoms with E-state index in [1.165, 1.54) is 27.9 Å². The van der Waals surface area contributed by atoms with E-state index in [4.69, 9.17) is 11.6 Å². The van der Waals surface area contributed by atoms with Crippen molar-refractivity contribution in [1.29, 1.82) is 0 Å². The SMILES string of the molecule is ClCCCN(Cc1ccc(Br)s1)C1CCC1. The number of alkyl halides is 1. The van der Waals surface area contributed by atoms with Gasteiger partial charge >= 0.3 is 0 Å². The quantitative estimate of drug-likeness (QED) is 0.697. The third-order valence-electron chi connectivity index (χ3n) is 3.16. The minimum absolute atomic E-state index is 0.775. The molecule has 0 amide bonds. The van der Waals surface area contributed by atoms with E-state index in [-0.39, 0.29) is 0 Å². The zero-order valence-corrected chi connectivity index (χ0v) is 12.5. The predicted molar refractivity (Wildman–Crippen MR) is 75.4 cm³/mol. The molecule has 0 bridgehead atoms. The van der Waals surface area contributed by atoms with Gasteiger partial charge in [-0.2, -0.15) is 0 Å². The summed E-state index contributed by atoms with van der Waals surface area (Å²) in [6.07, 6.45) is 5.24. The molecule has 2 rings (SSSR count). The Balaban J connectivity index is 1.90. The topological polar surface area (TPSA) is 3.24 Å². The van der Waals surface area contributed by atoms with Gasteiger partial charge in [0.15, 0.2) is 0 Å². The standard InChI is InChI=1S/C12H17BrClNS/c13-12-6-5-11(16-12)9-15(8-2-7-14)10-3-1-4-10/h5-6,10H,1-4,7-9H2. The fourth-order valence-corrected chi connectivity index (χ4v) is 3.67. The summed E-state index contributed by atoms with van der Waals surface area (Å²) in [6, 6.07) is 5.17. The molecule has 0 aliphatic heterocycles. The Hall–Kier alpha value is 0.430.